The zero-order valence-corrected chi connectivity index (χ0v) is 17.5. The van der Waals surface area contributed by atoms with Gasteiger partial charge < -0.3 is 14.4 Å². The smallest absolute Gasteiger partial charge is 0.266 e. The van der Waals surface area contributed by atoms with Crippen molar-refractivity contribution in [3.05, 3.63) is 65.0 Å². The Bertz CT molecular complexity index is 881. The summed E-state index contributed by atoms with van der Waals surface area (Å²) in [5.74, 6) is 0.376. The van der Waals surface area contributed by atoms with Crippen molar-refractivity contribution in [3.8, 4) is 0 Å². The zero-order chi connectivity index (χ0) is 20.6. The molecule has 0 bridgehead atoms. The molecule has 29 heavy (non-hydrogen) atoms. The van der Waals surface area contributed by atoms with Crippen molar-refractivity contribution in [3.63, 3.8) is 0 Å². The second-order valence-electron chi connectivity index (χ2n) is 6.48. The van der Waals surface area contributed by atoms with E-state index >= 15 is 0 Å². The molecule has 3 rings (SSSR count). The summed E-state index contributed by atoms with van der Waals surface area (Å²) in [6, 6.07) is 13.2. The number of carbonyl (C=O) groups excluding carboxylic acids is 2. The first-order valence-electron chi connectivity index (χ1n) is 9.30. The van der Waals surface area contributed by atoms with Gasteiger partial charge in [0, 0.05) is 32.1 Å². The van der Waals surface area contributed by atoms with E-state index in [0.717, 1.165) is 5.56 Å². The van der Waals surface area contributed by atoms with Crippen molar-refractivity contribution in [1.29, 1.82) is 0 Å². The molecule has 0 saturated carbocycles. The fourth-order valence-electron chi connectivity index (χ4n) is 2.96. The summed E-state index contributed by atoms with van der Waals surface area (Å²) in [7, 11) is 0. The van der Waals surface area contributed by atoms with Gasteiger partial charge in [-0.15, -0.1) is 0 Å². The third kappa shape index (κ3) is 5.79. The van der Waals surface area contributed by atoms with Gasteiger partial charge in [-0.05, 0) is 24.1 Å². The van der Waals surface area contributed by atoms with Gasteiger partial charge in [-0.2, -0.15) is 0 Å². The third-order valence-corrected chi connectivity index (χ3v) is 5.78. The average molecular weight is 431 g/mol. The lowest BCUT2D eigenvalue weighted by Crippen LogP contribution is -2.34. The van der Waals surface area contributed by atoms with Crippen molar-refractivity contribution in [2.75, 3.05) is 19.7 Å². The lowest BCUT2D eigenvalue weighted by atomic mass is 10.2. The molecule has 1 aromatic heterocycles. The largest absolute Gasteiger partial charge is 0.465 e. The number of amides is 2. The highest BCUT2D eigenvalue weighted by Gasteiger charge is 2.32. The number of thioether (sulfide) groups is 1. The monoisotopic (exact) mass is 430 g/mol. The fraction of sp³-hybridized carbons (Fsp3) is 0.286. The van der Waals surface area contributed by atoms with Crippen molar-refractivity contribution >= 4 is 46.2 Å². The number of aliphatic hydroxyl groups excluding tert-OH is 1. The number of benzene rings is 1. The predicted octanol–water partition coefficient (Wildman–Crippen LogP) is 3.28. The van der Waals surface area contributed by atoms with Crippen LogP contribution < -0.4 is 0 Å². The molecule has 1 aliphatic rings. The van der Waals surface area contributed by atoms with Gasteiger partial charge in [0.1, 0.15) is 10.1 Å². The topological polar surface area (TPSA) is 74.0 Å². The highest BCUT2D eigenvalue weighted by molar-refractivity contribution is 8.26. The molecule has 6 nitrogen and oxygen atoms in total. The number of rotatable bonds is 9. The highest BCUT2D eigenvalue weighted by atomic mass is 32.2. The molecule has 2 heterocycles. The summed E-state index contributed by atoms with van der Waals surface area (Å²) >= 11 is 6.55. The Balaban J connectivity index is 1.53. The van der Waals surface area contributed by atoms with Crippen LogP contribution in [0.15, 0.2) is 58.1 Å². The molecule has 2 aromatic rings. The third-order valence-electron chi connectivity index (χ3n) is 4.40. The van der Waals surface area contributed by atoms with Gasteiger partial charge >= 0.3 is 0 Å². The van der Waals surface area contributed by atoms with Crippen LogP contribution in [0.2, 0.25) is 0 Å². The van der Waals surface area contributed by atoms with Gasteiger partial charge in [0.15, 0.2) is 0 Å². The Kier molecular flexibility index (Phi) is 7.62. The molecule has 0 radical (unpaired) electrons. The predicted molar refractivity (Wildman–Crippen MR) is 117 cm³/mol. The Morgan fingerprint density at radius 3 is 2.72 bits per heavy atom. The molecule has 2 amide bonds. The molecular weight excluding hydrogens is 408 g/mol. The summed E-state index contributed by atoms with van der Waals surface area (Å²) in [5, 5.41) is 9.29. The average Bonchev–Trinajstić information content (AvgIpc) is 3.32. The molecule has 1 aliphatic heterocycles. The number of hydrogen-bond acceptors (Lipinski definition) is 6. The maximum Gasteiger partial charge on any atom is 0.266 e. The van der Waals surface area contributed by atoms with Crippen LogP contribution in [0.1, 0.15) is 24.2 Å². The number of furan rings is 1. The van der Waals surface area contributed by atoms with E-state index in [9.17, 15) is 14.7 Å². The Morgan fingerprint density at radius 1 is 1.24 bits per heavy atom. The van der Waals surface area contributed by atoms with Gasteiger partial charge in [0.25, 0.3) is 5.91 Å². The van der Waals surface area contributed by atoms with Crippen LogP contribution >= 0.6 is 24.0 Å². The van der Waals surface area contributed by atoms with Gasteiger partial charge in [-0.3, -0.25) is 14.5 Å². The van der Waals surface area contributed by atoms with E-state index in [-0.39, 0.29) is 31.4 Å². The zero-order valence-electron chi connectivity index (χ0n) is 15.8. The molecule has 0 spiro atoms. The summed E-state index contributed by atoms with van der Waals surface area (Å²) in [4.78, 5) is 28.8. The molecule has 0 unspecified atom stereocenters. The van der Waals surface area contributed by atoms with E-state index < -0.39 is 0 Å². The molecule has 1 saturated heterocycles. The van der Waals surface area contributed by atoms with E-state index in [1.165, 1.54) is 16.7 Å². The van der Waals surface area contributed by atoms with E-state index in [1.54, 1.807) is 29.4 Å². The van der Waals surface area contributed by atoms with E-state index in [2.05, 4.69) is 0 Å². The standard InChI is InChI=1S/C21H22N2O4S2/c24-12-11-22(15-16-6-2-1-3-7-16)19(25)9-4-10-23-20(26)18(29-21(23)28)14-17-8-5-13-27-17/h1-3,5-8,13-14,24H,4,9-12,15H2. The number of hydrogen-bond donors (Lipinski definition) is 1. The summed E-state index contributed by atoms with van der Waals surface area (Å²) in [6.45, 7) is 1.02. The minimum absolute atomic E-state index is 0.0560. The van der Waals surface area contributed by atoms with Crippen molar-refractivity contribution in [2.45, 2.75) is 19.4 Å². The van der Waals surface area contributed by atoms with Crippen molar-refractivity contribution in [1.82, 2.24) is 9.80 Å². The van der Waals surface area contributed by atoms with Crippen LogP contribution in [0.4, 0.5) is 0 Å². The maximum atomic E-state index is 12.6. The lowest BCUT2D eigenvalue weighted by molar-refractivity contribution is -0.132. The second-order valence-corrected chi connectivity index (χ2v) is 8.15. The minimum Gasteiger partial charge on any atom is -0.465 e. The van der Waals surface area contributed by atoms with Crippen LogP contribution in [0, 0.1) is 0 Å². The second kappa shape index (κ2) is 10.4. The first kappa shape index (κ1) is 21.3. The highest BCUT2D eigenvalue weighted by Crippen LogP contribution is 2.32. The Morgan fingerprint density at radius 2 is 2.03 bits per heavy atom. The van der Waals surface area contributed by atoms with Crippen LogP contribution in [0.25, 0.3) is 6.08 Å². The number of carbonyl (C=O) groups is 2. The van der Waals surface area contributed by atoms with Crippen LogP contribution in [-0.4, -0.2) is 50.7 Å². The quantitative estimate of drug-likeness (QED) is 0.486. The van der Waals surface area contributed by atoms with E-state index in [1.807, 2.05) is 30.3 Å². The Hall–Kier alpha value is -2.42. The number of thiocarbonyl (C=S) groups is 1. The molecule has 8 heteroatoms. The van der Waals surface area contributed by atoms with Gasteiger partial charge in [-0.25, -0.2) is 0 Å². The maximum absolute atomic E-state index is 12.6. The summed E-state index contributed by atoms with van der Waals surface area (Å²) < 4.78 is 5.73. The van der Waals surface area contributed by atoms with Crippen molar-refractivity contribution in [2.24, 2.45) is 0 Å². The molecule has 152 valence electrons. The lowest BCUT2D eigenvalue weighted by Gasteiger charge is -2.22. The van der Waals surface area contributed by atoms with Crippen molar-refractivity contribution < 1.29 is 19.1 Å². The Labute approximate surface area is 179 Å². The normalized spacial score (nSPS) is 15.3. The first-order chi connectivity index (χ1) is 14.1. The van der Waals surface area contributed by atoms with Gasteiger partial charge in [0.05, 0.1) is 17.8 Å². The SMILES string of the molecule is O=C(CCCN1C(=O)C(=Cc2ccco2)SC1=S)N(CCO)Cc1ccccc1. The van der Waals surface area contributed by atoms with Crippen LogP contribution in [0.3, 0.4) is 0 Å². The first-order valence-corrected chi connectivity index (χ1v) is 10.5. The molecule has 1 N–H and O–H groups in total. The number of nitrogens with zero attached hydrogens (tertiary/aromatic N) is 2. The molecular formula is C21H22N2O4S2. The summed E-state index contributed by atoms with van der Waals surface area (Å²) in [6.07, 6.45) is 4.00. The van der Waals surface area contributed by atoms with Crippen LogP contribution in [0.5, 0.6) is 0 Å². The fourth-order valence-corrected chi connectivity index (χ4v) is 4.25. The molecule has 1 fully saturated rings. The van der Waals surface area contributed by atoms with Crippen LogP contribution in [-0.2, 0) is 16.1 Å². The van der Waals surface area contributed by atoms with Gasteiger partial charge in [-0.1, -0.05) is 54.3 Å². The molecule has 0 aliphatic carbocycles. The molecule has 0 atom stereocenters. The van der Waals surface area contributed by atoms with Gasteiger partial charge in [0.2, 0.25) is 5.91 Å². The summed E-state index contributed by atoms with van der Waals surface area (Å²) in [5.41, 5.74) is 1.01. The van der Waals surface area contributed by atoms with E-state index in [4.69, 9.17) is 16.6 Å². The minimum atomic E-state index is -0.166. The number of aliphatic hydroxyl groups is 1. The molecule has 1 aromatic carbocycles. The van der Waals surface area contributed by atoms with E-state index in [0.29, 0.717) is 34.5 Å².